The van der Waals surface area contributed by atoms with Crippen LogP contribution < -0.4 is 24.6 Å². The molecule has 10 nitrogen and oxygen atoms in total. The monoisotopic (exact) mass is 596 g/mol. The number of hydrogen-bond acceptors (Lipinski definition) is 9. The molecule has 1 saturated heterocycles. The average Bonchev–Trinajstić information content (AvgIpc) is 2.97. The lowest BCUT2D eigenvalue weighted by Gasteiger charge is -2.37. The lowest BCUT2D eigenvalue weighted by Crippen LogP contribution is -2.50. The summed E-state index contributed by atoms with van der Waals surface area (Å²) in [7, 11) is 1.58. The summed E-state index contributed by atoms with van der Waals surface area (Å²) in [5.74, 6) is -0.320. The van der Waals surface area contributed by atoms with E-state index in [2.05, 4.69) is 20.2 Å². The van der Waals surface area contributed by atoms with Gasteiger partial charge >= 0.3 is 6.09 Å². The Hall–Kier alpha value is -4.35. The molecule has 2 aliphatic heterocycles. The van der Waals surface area contributed by atoms with Gasteiger partial charge in [-0.2, -0.15) is 0 Å². The second-order valence-electron chi connectivity index (χ2n) is 11.8. The van der Waals surface area contributed by atoms with Crippen LogP contribution in [0, 0.1) is 11.6 Å². The third-order valence-corrected chi connectivity index (χ3v) is 7.26. The Bertz CT molecular complexity index is 1490. The highest BCUT2D eigenvalue weighted by Gasteiger charge is 2.28. The second kappa shape index (κ2) is 12.1. The Kier molecular flexibility index (Phi) is 8.48. The molecule has 3 aromatic rings. The number of nitrogens with one attached hydrogen (secondary N) is 1. The van der Waals surface area contributed by atoms with Gasteiger partial charge in [0.25, 0.3) is 0 Å². The van der Waals surface area contributed by atoms with E-state index < -0.39 is 17.2 Å². The van der Waals surface area contributed by atoms with E-state index in [9.17, 15) is 9.18 Å². The molecule has 2 aromatic carbocycles. The number of aromatic nitrogens is 2. The molecule has 12 heteroatoms. The van der Waals surface area contributed by atoms with Gasteiger partial charge in [-0.3, -0.25) is 0 Å². The van der Waals surface area contributed by atoms with Crippen LogP contribution >= 0.6 is 0 Å². The number of hydrogen-bond donors (Lipinski definition) is 1. The smallest absolute Gasteiger partial charge is 0.410 e. The van der Waals surface area contributed by atoms with Crippen LogP contribution in [0.5, 0.6) is 11.5 Å². The van der Waals surface area contributed by atoms with E-state index in [0.29, 0.717) is 56.5 Å². The molecule has 1 fully saturated rings. The number of rotatable bonds is 6. The standard InChI is InChI=1S/C31H38F2N6O4/c1-19(2)39-13-14-42-28-22(32)15-20(16-25(28)39)27-23(33)18-34-29(36-27)35-21-7-8-24(26(17-21)41-6)37-9-11-38(12-10-37)30(40)43-31(3,4)5/h7-8,15-19H,9-14H2,1-6H3,(H,34,35,36). The highest BCUT2D eigenvalue weighted by atomic mass is 19.1. The summed E-state index contributed by atoms with van der Waals surface area (Å²) in [6.07, 6.45) is 0.745. The number of ether oxygens (including phenoxy) is 3. The topological polar surface area (TPSA) is 92.3 Å². The highest BCUT2D eigenvalue weighted by molar-refractivity contribution is 5.74. The molecule has 3 heterocycles. The first-order valence-electron chi connectivity index (χ1n) is 14.4. The fourth-order valence-electron chi connectivity index (χ4n) is 5.21. The predicted molar refractivity (Wildman–Crippen MR) is 162 cm³/mol. The van der Waals surface area contributed by atoms with Crippen LogP contribution in [0.4, 0.5) is 36.6 Å². The molecule has 5 rings (SSSR count). The summed E-state index contributed by atoms with van der Waals surface area (Å²) in [5, 5.41) is 3.11. The molecule has 0 unspecified atom stereocenters. The van der Waals surface area contributed by atoms with Crippen LogP contribution in [0.15, 0.2) is 36.5 Å². The largest absolute Gasteiger partial charge is 0.495 e. The first-order valence-corrected chi connectivity index (χ1v) is 14.4. The minimum Gasteiger partial charge on any atom is -0.495 e. The maximum absolute atomic E-state index is 15.1. The Morgan fingerprint density at radius 3 is 2.44 bits per heavy atom. The van der Waals surface area contributed by atoms with Crippen molar-refractivity contribution < 1.29 is 27.8 Å². The molecule has 230 valence electrons. The van der Waals surface area contributed by atoms with Crippen LogP contribution in [-0.4, -0.2) is 79.0 Å². The molecule has 1 amide bonds. The van der Waals surface area contributed by atoms with Crippen molar-refractivity contribution in [3.8, 4) is 22.8 Å². The fraction of sp³-hybridized carbons (Fsp3) is 0.452. The lowest BCUT2D eigenvalue weighted by molar-refractivity contribution is 0.0240. The molecule has 43 heavy (non-hydrogen) atoms. The molecule has 0 atom stereocenters. The molecule has 0 aliphatic carbocycles. The van der Waals surface area contributed by atoms with Gasteiger partial charge in [0.05, 0.1) is 31.2 Å². The average molecular weight is 597 g/mol. The van der Waals surface area contributed by atoms with Gasteiger partial charge in [0.15, 0.2) is 17.4 Å². The van der Waals surface area contributed by atoms with Gasteiger partial charge in [-0.1, -0.05) is 0 Å². The van der Waals surface area contributed by atoms with E-state index in [4.69, 9.17) is 14.2 Å². The number of carbonyl (C=O) groups is 1. The number of fused-ring (bicyclic) bond motifs is 1. The Balaban J connectivity index is 1.33. The number of benzene rings is 2. The lowest BCUT2D eigenvalue weighted by atomic mass is 10.1. The van der Waals surface area contributed by atoms with Crippen LogP contribution in [-0.2, 0) is 4.74 Å². The van der Waals surface area contributed by atoms with Crippen LogP contribution in [0.1, 0.15) is 34.6 Å². The predicted octanol–water partition coefficient (Wildman–Crippen LogP) is 5.84. The summed E-state index contributed by atoms with van der Waals surface area (Å²) >= 11 is 0. The second-order valence-corrected chi connectivity index (χ2v) is 11.8. The van der Waals surface area contributed by atoms with Crippen LogP contribution in [0.25, 0.3) is 11.3 Å². The first-order chi connectivity index (χ1) is 20.4. The molecule has 0 spiro atoms. The molecule has 1 N–H and O–H groups in total. The summed E-state index contributed by atoms with van der Waals surface area (Å²) in [6, 6.07) is 8.61. The van der Waals surface area contributed by atoms with Gasteiger partial charge in [0, 0.05) is 49.5 Å². The highest BCUT2D eigenvalue weighted by Crippen LogP contribution is 2.40. The summed E-state index contributed by atoms with van der Waals surface area (Å²) in [6.45, 7) is 12.8. The van der Waals surface area contributed by atoms with E-state index in [1.54, 1.807) is 24.1 Å². The number of nitrogens with zero attached hydrogens (tertiary/aromatic N) is 5. The van der Waals surface area contributed by atoms with Crippen molar-refractivity contribution in [2.45, 2.75) is 46.3 Å². The van der Waals surface area contributed by atoms with Gasteiger partial charge in [-0.05, 0) is 58.9 Å². The van der Waals surface area contributed by atoms with E-state index in [-0.39, 0.29) is 35.1 Å². The molecular weight excluding hydrogens is 558 g/mol. The van der Waals surface area contributed by atoms with Crippen molar-refractivity contribution >= 4 is 29.1 Å². The number of halogens is 2. The van der Waals surface area contributed by atoms with Crippen molar-refractivity contribution in [3.63, 3.8) is 0 Å². The summed E-state index contributed by atoms with van der Waals surface area (Å²) in [5.41, 5.74) is 1.78. The molecular formula is C31H38F2N6O4. The van der Waals surface area contributed by atoms with E-state index in [0.717, 1.165) is 11.9 Å². The zero-order valence-electron chi connectivity index (χ0n) is 25.4. The quantitative estimate of drug-likeness (QED) is 0.377. The summed E-state index contributed by atoms with van der Waals surface area (Å²) in [4.78, 5) is 26.8. The number of amides is 1. The maximum Gasteiger partial charge on any atom is 0.410 e. The third kappa shape index (κ3) is 6.68. The molecule has 0 bridgehead atoms. The number of piperazine rings is 1. The fourth-order valence-corrected chi connectivity index (χ4v) is 5.21. The number of anilines is 4. The van der Waals surface area contributed by atoms with Crippen LogP contribution in [0.2, 0.25) is 0 Å². The Morgan fingerprint density at radius 2 is 1.77 bits per heavy atom. The van der Waals surface area contributed by atoms with Gasteiger partial charge in [-0.25, -0.2) is 23.5 Å². The molecule has 1 aromatic heterocycles. The third-order valence-electron chi connectivity index (χ3n) is 7.26. The molecule has 2 aliphatic rings. The van der Waals surface area contributed by atoms with E-state index in [1.165, 1.54) is 6.07 Å². The van der Waals surface area contributed by atoms with Crippen molar-refractivity contribution in [1.82, 2.24) is 14.9 Å². The first kappa shape index (κ1) is 30.1. The number of methoxy groups -OCH3 is 1. The SMILES string of the molecule is COc1cc(Nc2ncc(F)c(-c3cc(F)c4c(c3)N(C(C)C)CCO4)n2)ccc1N1CCN(C(=O)OC(C)(C)C)CC1. The van der Waals surface area contributed by atoms with Crippen molar-refractivity contribution in [2.75, 3.05) is 61.6 Å². The van der Waals surface area contributed by atoms with Gasteiger partial charge in [0.2, 0.25) is 5.95 Å². The maximum atomic E-state index is 15.1. The Labute approximate surface area is 250 Å². The van der Waals surface area contributed by atoms with Crippen molar-refractivity contribution in [3.05, 3.63) is 48.2 Å². The van der Waals surface area contributed by atoms with E-state index in [1.807, 2.05) is 51.7 Å². The molecule has 0 radical (unpaired) electrons. The minimum absolute atomic E-state index is 0.0278. The normalized spacial score (nSPS) is 15.2. The van der Waals surface area contributed by atoms with E-state index >= 15 is 4.39 Å². The van der Waals surface area contributed by atoms with Crippen LogP contribution in [0.3, 0.4) is 0 Å². The van der Waals surface area contributed by atoms with Crippen molar-refractivity contribution in [1.29, 1.82) is 0 Å². The van der Waals surface area contributed by atoms with Gasteiger partial charge < -0.3 is 34.2 Å². The zero-order valence-corrected chi connectivity index (χ0v) is 25.4. The van der Waals surface area contributed by atoms with Crippen molar-refractivity contribution in [2.24, 2.45) is 0 Å². The molecule has 0 saturated carbocycles. The summed E-state index contributed by atoms with van der Waals surface area (Å²) < 4.78 is 46.8. The van der Waals surface area contributed by atoms with Gasteiger partial charge in [-0.15, -0.1) is 0 Å². The minimum atomic E-state index is -0.670. The Morgan fingerprint density at radius 1 is 1.02 bits per heavy atom. The van der Waals surface area contributed by atoms with Gasteiger partial charge in [0.1, 0.15) is 23.7 Å². The number of carbonyl (C=O) groups excluding carboxylic acids is 1. The zero-order chi connectivity index (χ0) is 30.9.